The van der Waals surface area contributed by atoms with Crippen molar-refractivity contribution in [2.24, 2.45) is 0 Å². The highest BCUT2D eigenvalue weighted by Crippen LogP contribution is 2.35. The molecule has 0 atom stereocenters. The van der Waals surface area contributed by atoms with Crippen molar-refractivity contribution < 1.29 is 13.3 Å². The maximum atomic E-state index is 13.2. The third-order valence-electron chi connectivity index (χ3n) is 5.36. The molecular weight excluding hydrogens is 531 g/mol. The summed E-state index contributed by atoms with van der Waals surface area (Å²) in [4.78, 5) is 15.8. The normalized spacial score (nSPS) is 15.2. The zero-order chi connectivity index (χ0) is 22.2. The van der Waals surface area contributed by atoms with E-state index in [9.17, 15) is 18.5 Å². The van der Waals surface area contributed by atoms with Gasteiger partial charge in [-0.05, 0) is 53.9 Å². The summed E-state index contributed by atoms with van der Waals surface area (Å²) in [6, 6.07) is 14.8. The zero-order valence-corrected chi connectivity index (χ0v) is 19.8. The Kier molecular flexibility index (Phi) is 6.04. The van der Waals surface area contributed by atoms with E-state index in [0.29, 0.717) is 30.0 Å². The van der Waals surface area contributed by atoms with E-state index in [1.165, 1.54) is 28.4 Å². The van der Waals surface area contributed by atoms with E-state index in [-0.39, 0.29) is 10.6 Å². The van der Waals surface area contributed by atoms with E-state index in [1.54, 1.807) is 36.4 Å². The van der Waals surface area contributed by atoms with Gasteiger partial charge in [0.15, 0.2) is 0 Å². The van der Waals surface area contributed by atoms with E-state index in [2.05, 4.69) is 4.90 Å². The molecule has 0 bridgehead atoms. The first kappa shape index (κ1) is 21.8. The molecule has 0 spiro atoms. The van der Waals surface area contributed by atoms with Crippen LogP contribution in [-0.4, -0.2) is 55.4 Å². The van der Waals surface area contributed by atoms with E-state index in [1.807, 2.05) is 34.5 Å². The van der Waals surface area contributed by atoms with Crippen molar-refractivity contribution in [3.8, 4) is 11.3 Å². The topological polar surface area (TPSA) is 88.7 Å². The van der Waals surface area contributed by atoms with E-state index in [0.717, 1.165) is 16.7 Å². The number of likely N-dealkylation sites (N-methyl/N-ethyl adjacent to an activating group) is 1. The van der Waals surface area contributed by atoms with Crippen LogP contribution in [0.5, 0.6) is 0 Å². The van der Waals surface area contributed by atoms with Crippen LogP contribution in [0.2, 0.25) is 0 Å². The molecule has 0 saturated carbocycles. The van der Waals surface area contributed by atoms with Gasteiger partial charge in [-0.2, -0.15) is 0 Å². The molecule has 2 aromatic carbocycles. The third-order valence-corrected chi connectivity index (χ3v) is 7.64. The van der Waals surface area contributed by atoms with Gasteiger partial charge in [-0.25, -0.2) is 12.4 Å². The van der Waals surface area contributed by atoms with Gasteiger partial charge >= 0.3 is 0 Å². The molecule has 162 valence electrons. The molecular formula is C21H21IN4O4S. The molecule has 1 saturated heterocycles. The van der Waals surface area contributed by atoms with Crippen molar-refractivity contribution in [3.05, 3.63) is 74.5 Å². The maximum absolute atomic E-state index is 13.2. The molecule has 0 aliphatic carbocycles. The quantitative estimate of drug-likeness (QED) is 0.273. The number of hydrogen-bond acceptors (Lipinski definition) is 6. The highest BCUT2D eigenvalue weighted by Gasteiger charge is 2.26. The van der Waals surface area contributed by atoms with Crippen LogP contribution in [0.15, 0.2) is 65.7 Å². The molecule has 1 aromatic heterocycles. The van der Waals surface area contributed by atoms with Gasteiger partial charge in [-0.15, -0.1) is 0 Å². The lowest BCUT2D eigenvalue weighted by atomic mass is 10.1. The summed E-state index contributed by atoms with van der Waals surface area (Å²) in [7, 11) is -1.82. The largest absolute Gasteiger partial charge is 0.363 e. The Labute approximate surface area is 194 Å². The molecule has 1 aliphatic rings. The first-order chi connectivity index (χ1) is 14.8. The van der Waals surface area contributed by atoms with Crippen LogP contribution in [0, 0.1) is 13.7 Å². The minimum Gasteiger partial charge on any atom is -0.363 e. The fourth-order valence-electron chi connectivity index (χ4n) is 3.67. The Hall–Kier alpha value is -2.44. The minimum atomic E-state index is -3.84. The molecule has 0 unspecified atom stereocenters. The molecule has 1 aliphatic heterocycles. The number of halogens is 1. The maximum Gasteiger partial charge on any atom is 0.293 e. The standard InChI is InChI=1S/C21H21IN4O4S/c1-23-9-11-24(12-10-23)19-8-7-16(13-21(19)26(27)28)20-14-17(22)15-25(20)31(29,30)18-5-3-2-4-6-18/h2-8,13-15H,9-12H2,1H3. The highest BCUT2D eigenvalue weighted by molar-refractivity contribution is 14.1. The lowest BCUT2D eigenvalue weighted by Gasteiger charge is -2.33. The average Bonchev–Trinajstić information content (AvgIpc) is 3.17. The van der Waals surface area contributed by atoms with Gasteiger partial charge in [0.05, 0.1) is 15.5 Å². The summed E-state index contributed by atoms with van der Waals surface area (Å²) in [6.45, 7) is 3.06. The number of nitro benzene ring substituents is 1. The summed E-state index contributed by atoms with van der Waals surface area (Å²) >= 11 is 2.05. The first-order valence-electron chi connectivity index (χ1n) is 9.68. The molecule has 1 fully saturated rings. The van der Waals surface area contributed by atoms with Crippen LogP contribution in [0.3, 0.4) is 0 Å². The number of nitro groups is 1. The van der Waals surface area contributed by atoms with Gasteiger partial charge in [-0.1, -0.05) is 24.3 Å². The van der Waals surface area contributed by atoms with Crippen molar-refractivity contribution in [2.45, 2.75) is 4.90 Å². The van der Waals surface area contributed by atoms with Crippen molar-refractivity contribution in [1.29, 1.82) is 0 Å². The van der Waals surface area contributed by atoms with E-state index >= 15 is 0 Å². The van der Waals surface area contributed by atoms with Crippen molar-refractivity contribution in [2.75, 3.05) is 38.1 Å². The monoisotopic (exact) mass is 552 g/mol. The Morgan fingerprint density at radius 1 is 1.00 bits per heavy atom. The molecule has 0 amide bonds. The summed E-state index contributed by atoms with van der Waals surface area (Å²) < 4.78 is 28.3. The number of nitrogens with zero attached hydrogens (tertiary/aromatic N) is 4. The Bertz CT molecular complexity index is 1220. The second-order valence-corrected chi connectivity index (χ2v) is 10.5. The van der Waals surface area contributed by atoms with Gasteiger partial charge in [0.25, 0.3) is 15.7 Å². The predicted octanol–water partition coefficient (Wildman–Crippen LogP) is 3.66. The van der Waals surface area contributed by atoms with Crippen LogP contribution < -0.4 is 4.90 Å². The molecule has 0 N–H and O–H groups in total. The highest BCUT2D eigenvalue weighted by atomic mass is 127. The Morgan fingerprint density at radius 2 is 1.68 bits per heavy atom. The van der Waals surface area contributed by atoms with Crippen molar-refractivity contribution >= 4 is 44.0 Å². The lowest BCUT2D eigenvalue weighted by molar-refractivity contribution is -0.384. The molecule has 0 radical (unpaired) electrons. The summed E-state index contributed by atoms with van der Waals surface area (Å²) in [5.41, 5.74) is 1.40. The fourth-order valence-corrected chi connectivity index (χ4v) is 5.83. The second-order valence-electron chi connectivity index (χ2n) is 7.41. The van der Waals surface area contributed by atoms with Gasteiger partial charge in [0, 0.05) is 47.6 Å². The Balaban J connectivity index is 1.79. The first-order valence-corrected chi connectivity index (χ1v) is 12.2. The van der Waals surface area contributed by atoms with Crippen LogP contribution in [0.1, 0.15) is 0 Å². The van der Waals surface area contributed by atoms with Gasteiger partial charge in [0.1, 0.15) is 5.69 Å². The van der Waals surface area contributed by atoms with Gasteiger partial charge in [0.2, 0.25) is 0 Å². The SMILES string of the molecule is CN1CCN(c2ccc(-c3cc(I)cn3S(=O)(=O)c3ccccc3)cc2[N+](=O)[O-])CC1. The van der Waals surface area contributed by atoms with Crippen LogP contribution >= 0.6 is 22.6 Å². The molecule has 3 aromatic rings. The van der Waals surface area contributed by atoms with Crippen molar-refractivity contribution in [1.82, 2.24) is 8.87 Å². The molecule has 31 heavy (non-hydrogen) atoms. The van der Waals surface area contributed by atoms with Crippen LogP contribution in [0.4, 0.5) is 11.4 Å². The number of rotatable bonds is 5. The zero-order valence-electron chi connectivity index (χ0n) is 16.8. The second kappa shape index (κ2) is 8.60. The minimum absolute atomic E-state index is 0.0260. The van der Waals surface area contributed by atoms with Crippen LogP contribution in [-0.2, 0) is 10.0 Å². The summed E-state index contributed by atoms with van der Waals surface area (Å²) in [5, 5.41) is 11.9. The fraction of sp³-hybridized carbons (Fsp3) is 0.238. The average molecular weight is 552 g/mol. The third kappa shape index (κ3) is 4.32. The van der Waals surface area contributed by atoms with Crippen molar-refractivity contribution in [3.63, 3.8) is 0 Å². The molecule has 10 heteroatoms. The van der Waals surface area contributed by atoms with E-state index < -0.39 is 14.9 Å². The molecule has 2 heterocycles. The summed E-state index contributed by atoms with van der Waals surface area (Å²) in [5.74, 6) is 0. The predicted molar refractivity (Wildman–Crippen MR) is 128 cm³/mol. The van der Waals surface area contributed by atoms with Gasteiger partial charge < -0.3 is 9.80 Å². The smallest absolute Gasteiger partial charge is 0.293 e. The number of piperazine rings is 1. The van der Waals surface area contributed by atoms with E-state index in [4.69, 9.17) is 0 Å². The number of aromatic nitrogens is 1. The lowest BCUT2D eigenvalue weighted by Crippen LogP contribution is -2.44. The Morgan fingerprint density at radius 3 is 2.32 bits per heavy atom. The number of hydrogen-bond donors (Lipinski definition) is 0. The molecule has 4 rings (SSSR count). The molecule has 8 nitrogen and oxygen atoms in total. The summed E-state index contributed by atoms with van der Waals surface area (Å²) in [6.07, 6.45) is 1.53. The van der Waals surface area contributed by atoms with Gasteiger partial charge in [-0.3, -0.25) is 10.1 Å². The number of anilines is 1. The van der Waals surface area contributed by atoms with Crippen LogP contribution in [0.25, 0.3) is 11.3 Å². The number of benzene rings is 2.